The first-order valence-corrected chi connectivity index (χ1v) is 11.5. The Morgan fingerprint density at radius 3 is 2.70 bits per heavy atom. The van der Waals surface area contributed by atoms with Gasteiger partial charge in [-0.3, -0.25) is 9.59 Å². The molecule has 1 fully saturated rings. The Balaban J connectivity index is 1.38. The summed E-state index contributed by atoms with van der Waals surface area (Å²) >= 11 is 1.63. The van der Waals surface area contributed by atoms with Gasteiger partial charge in [-0.15, -0.1) is 11.3 Å². The molecule has 1 N–H and O–H groups in total. The molecule has 0 saturated carbocycles. The maximum Gasteiger partial charge on any atom is 0.409 e. The van der Waals surface area contributed by atoms with Crippen molar-refractivity contribution in [3.63, 3.8) is 0 Å². The molecule has 3 heterocycles. The third-order valence-corrected chi connectivity index (χ3v) is 7.10. The number of hydrogen-bond acceptors (Lipinski definition) is 6. The van der Waals surface area contributed by atoms with E-state index in [1.54, 1.807) is 28.1 Å². The molecule has 4 rings (SSSR count). The summed E-state index contributed by atoms with van der Waals surface area (Å²) in [5, 5.41) is 0.743. The van der Waals surface area contributed by atoms with E-state index in [1.807, 2.05) is 0 Å². The molecule has 162 valence electrons. The average Bonchev–Trinajstić information content (AvgIpc) is 3.10. The van der Waals surface area contributed by atoms with Gasteiger partial charge in [-0.25, -0.2) is 9.78 Å². The van der Waals surface area contributed by atoms with Crippen LogP contribution in [0.5, 0.6) is 0 Å². The summed E-state index contributed by atoms with van der Waals surface area (Å²) in [6.45, 7) is 6.32. The van der Waals surface area contributed by atoms with Crippen LogP contribution in [0, 0.1) is 5.92 Å². The zero-order chi connectivity index (χ0) is 21.3. The van der Waals surface area contributed by atoms with Gasteiger partial charge in [0, 0.05) is 43.9 Å². The van der Waals surface area contributed by atoms with Crippen molar-refractivity contribution in [2.75, 3.05) is 32.8 Å². The van der Waals surface area contributed by atoms with Crippen molar-refractivity contribution in [3.05, 3.63) is 26.6 Å². The summed E-state index contributed by atoms with van der Waals surface area (Å²) < 4.78 is 5.01. The largest absolute Gasteiger partial charge is 0.450 e. The number of aryl methyl sites for hydroxylation is 2. The number of aromatic amines is 1. The van der Waals surface area contributed by atoms with Gasteiger partial charge in [-0.1, -0.05) is 6.92 Å². The van der Waals surface area contributed by atoms with E-state index in [2.05, 4.69) is 16.9 Å². The lowest BCUT2D eigenvalue weighted by Crippen LogP contribution is -2.50. The summed E-state index contributed by atoms with van der Waals surface area (Å²) in [6, 6.07) is 0. The second-order valence-electron chi connectivity index (χ2n) is 8.11. The summed E-state index contributed by atoms with van der Waals surface area (Å²) in [4.78, 5) is 50.1. The molecular weight excluding hydrogens is 404 g/mol. The van der Waals surface area contributed by atoms with Gasteiger partial charge < -0.3 is 19.5 Å². The summed E-state index contributed by atoms with van der Waals surface area (Å²) in [6.07, 6.45) is 3.43. The van der Waals surface area contributed by atoms with E-state index < -0.39 is 0 Å². The lowest BCUT2D eigenvalue weighted by molar-refractivity contribution is -0.132. The van der Waals surface area contributed by atoms with E-state index in [1.165, 1.54) is 10.4 Å². The molecule has 1 aliphatic heterocycles. The predicted octanol–water partition coefficient (Wildman–Crippen LogP) is 2.34. The smallest absolute Gasteiger partial charge is 0.409 e. The van der Waals surface area contributed by atoms with Crippen LogP contribution >= 0.6 is 11.3 Å². The summed E-state index contributed by atoms with van der Waals surface area (Å²) in [7, 11) is 0. The van der Waals surface area contributed by atoms with Gasteiger partial charge in [-0.05, 0) is 37.7 Å². The van der Waals surface area contributed by atoms with Crippen LogP contribution in [0.3, 0.4) is 0 Å². The highest BCUT2D eigenvalue weighted by Crippen LogP contribution is 2.35. The quantitative estimate of drug-likeness (QED) is 0.800. The van der Waals surface area contributed by atoms with E-state index in [4.69, 9.17) is 4.74 Å². The second-order valence-corrected chi connectivity index (χ2v) is 9.19. The molecule has 30 heavy (non-hydrogen) atoms. The molecule has 8 nitrogen and oxygen atoms in total. The Bertz CT molecular complexity index is 1010. The third-order valence-electron chi connectivity index (χ3n) is 5.95. The molecule has 0 bridgehead atoms. The second kappa shape index (κ2) is 8.75. The number of rotatable bonds is 4. The minimum Gasteiger partial charge on any atom is -0.450 e. The average molecular weight is 433 g/mol. The fourth-order valence-electron chi connectivity index (χ4n) is 4.25. The zero-order valence-electron chi connectivity index (χ0n) is 17.5. The molecule has 9 heteroatoms. The number of carbonyl (C=O) groups is 2. The molecule has 1 aliphatic carbocycles. The number of hydrogen-bond donors (Lipinski definition) is 1. The molecule has 1 saturated heterocycles. The van der Waals surface area contributed by atoms with Gasteiger partial charge in [0.1, 0.15) is 10.7 Å². The Morgan fingerprint density at radius 1 is 1.23 bits per heavy atom. The molecular formula is C21H28N4O4S. The molecule has 0 radical (unpaired) electrons. The fraction of sp³-hybridized carbons (Fsp3) is 0.619. The third kappa shape index (κ3) is 4.21. The minimum absolute atomic E-state index is 0.0144. The molecule has 2 amide bonds. The van der Waals surface area contributed by atoms with Crippen molar-refractivity contribution >= 4 is 33.6 Å². The van der Waals surface area contributed by atoms with E-state index >= 15 is 0 Å². The van der Waals surface area contributed by atoms with Crippen LogP contribution in [0.4, 0.5) is 4.79 Å². The van der Waals surface area contributed by atoms with Crippen molar-refractivity contribution in [1.82, 2.24) is 19.8 Å². The Kier molecular flexibility index (Phi) is 6.08. The van der Waals surface area contributed by atoms with Crippen molar-refractivity contribution in [2.24, 2.45) is 5.92 Å². The van der Waals surface area contributed by atoms with Crippen LogP contribution in [0.25, 0.3) is 10.2 Å². The highest BCUT2D eigenvalue weighted by molar-refractivity contribution is 7.18. The molecule has 0 unspecified atom stereocenters. The van der Waals surface area contributed by atoms with Crippen LogP contribution in [-0.2, 0) is 28.8 Å². The number of fused-ring (bicyclic) bond motifs is 3. The van der Waals surface area contributed by atoms with Crippen LogP contribution < -0.4 is 5.56 Å². The number of nitrogens with one attached hydrogen (secondary N) is 1. The number of carbonyl (C=O) groups excluding carboxylic acids is 2. The van der Waals surface area contributed by atoms with Crippen LogP contribution in [-0.4, -0.2) is 64.6 Å². The van der Waals surface area contributed by atoms with Crippen molar-refractivity contribution < 1.29 is 14.3 Å². The van der Waals surface area contributed by atoms with Crippen molar-refractivity contribution in [1.29, 1.82) is 0 Å². The summed E-state index contributed by atoms with van der Waals surface area (Å²) in [5.74, 6) is 1.23. The normalized spacial score (nSPS) is 19.1. The predicted molar refractivity (Wildman–Crippen MR) is 115 cm³/mol. The van der Waals surface area contributed by atoms with Crippen molar-refractivity contribution in [2.45, 2.75) is 46.0 Å². The molecule has 2 aromatic rings. The van der Waals surface area contributed by atoms with Crippen LogP contribution in [0.2, 0.25) is 0 Å². The lowest BCUT2D eigenvalue weighted by atomic mass is 9.89. The fourth-order valence-corrected chi connectivity index (χ4v) is 5.65. The topological polar surface area (TPSA) is 95.6 Å². The maximum absolute atomic E-state index is 12.7. The van der Waals surface area contributed by atoms with Crippen LogP contribution in [0.15, 0.2) is 4.79 Å². The standard InChI is InChI=1S/C21H28N4O4S/c1-3-29-21(28)25-10-8-24(9-11-25)17(26)7-6-16-22-19(27)18-14-5-4-13(2)12-15(14)30-20(18)23-16/h13H,3-12H2,1-2H3,(H,22,23,27)/t13-/m0/s1. The van der Waals surface area contributed by atoms with E-state index in [0.717, 1.165) is 29.5 Å². The number of amides is 2. The monoisotopic (exact) mass is 432 g/mol. The molecule has 0 spiro atoms. The van der Waals surface area contributed by atoms with E-state index in [0.29, 0.717) is 50.9 Å². The zero-order valence-corrected chi connectivity index (χ0v) is 18.3. The molecule has 1 atom stereocenters. The first-order chi connectivity index (χ1) is 14.5. The Morgan fingerprint density at radius 2 is 1.97 bits per heavy atom. The number of piperazine rings is 1. The first-order valence-electron chi connectivity index (χ1n) is 10.7. The van der Waals surface area contributed by atoms with Crippen LogP contribution in [0.1, 0.15) is 43.0 Å². The Hall–Kier alpha value is -2.42. The number of H-pyrrole nitrogens is 1. The number of aromatic nitrogens is 2. The first kappa shape index (κ1) is 20.8. The molecule has 2 aromatic heterocycles. The van der Waals surface area contributed by atoms with Crippen molar-refractivity contribution in [3.8, 4) is 0 Å². The van der Waals surface area contributed by atoms with Gasteiger partial charge in [0.25, 0.3) is 5.56 Å². The maximum atomic E-state index is 12.7. The number of ether oxygens (including phenoxy) is 1. The Labute approximate surface area is 179 Å². The number of nitrogens with zero attached hydrogens (tertiary/aromatic N) is 3. The van der Waals surface area contributed by atoms with E-state index in [-0.39, 0.29) is 24.0 Å². The SMILES string of the molecule is CCOC(=O)N1CCN(C(=O)CCc2nc3sc4c(c3c(=O)[nH]2)CC[C@H](C)C4)CC1. The summed E-state index contributed by atoms with van der Waals surface area (Å²) in [5.41, 5.74) is 1.08. The highest BCUT2D eigenvalue weighted by Gasteiger charge is 2.26. The highest BCUT2D eigenvalue weighted by atomic mass is 32.1. The van der Waals surface area contributed by atoms with Gasteiger partial charge >= 0.3 is 6.09 Å². The molecule has 2 aliphatic rings. The molecule has 0 aromatic carbocycles. The van der Waals surface area contributed by atoms with Gasteiger partial charge in [0.05, 0.1) is 12.0 Å². The van der Waals surface area contributed by atoms with E-state index in [9.17, 15) is 14.4 Å². The minimum atomic E-state index is -0.326. The van der Waals surface area contributed by atoms with Gasteiger partial charge in [-0.2, -0.15) is 0 Å². The number of thiophene rings is 1. The van der Waals surface area contributed by atoms with Gasteiger partial charge in [0.2, 0.25) is 5.91 Å². The van der Waals surface area contributed by atoms with Gasteiger partial charge in [0.15, 0.2) is 0 Å². The lowest BCUT2D eigenvalue weighted by Gasteiger charge is -2.34.